The Morgan fingerprint density at radius 2 is 2.15 bits per heavy atom. The Hall–Kier alpha value is -1.97. The maximum Gasteiger partial charge on any atom is 0.269 e. The molecule has 6 heteroatoms. The van der Waals surface area contributed by atoms with Crippen LogP contribution in [0.15, 0.2) is 24.3 Å². The number of nitrogens with zero attached hydrogens (tertiary/aromatic N) is 3. The summed E-state index contributed by atoms with van der Waals surface area (Å²) in [7, 11) is 0. The van der Waals surface area contributed by atoms with Crippen molar-refractivity contribution in [3.8, 4) is 6.07 Å². The fourth-order valence-corrected chi connectivity index (χ4v) is 2.42. The first-order chi connectivity index (χ1) is 9.43. The minimum Gasteiger partial charge on any atom is -0.352 e. The van der Waals surface area contributed by atoms with Gasteiger partial charge in [-0.15, -0.1) is 0 Å². The molecule has 1 aliphatic heterocycles. The molecule has 20 heavy (non-hydrogen) atoms. The van der Waals surface area contributed by atoms with Gasteiger partial charge in [-0.1, -0.05) is 0 Å². The van der Waals surface area contributed by atoms with E-state index >= 15 is 0 Å². The summed E-state index contributed by atoms with van der Waals surface area (Å²) in [6.45, 7) is 5.35. The third-order valence-corrected chi connectivity index (χ3v) is 3.25. The highest BCUT2D eigenvalue weighted by molar-refractivity contribution is 5.34. The van der Waals surface area contributed by atoms with Crippen molar-refractivity contribution >= 4 is 5.69 Å². The van der Waals surface area contributed by atoms with Gasteiger partial charge in [0.25, 0.3) is 5.69 Å². The highest BCUT2D eigenvalue weighted by atomic mass is 16.6. The Labute approximate surface area is 117 Å². The van der Waals surface area contributed by atoms with Crippen molar-refractivity contribution in [2.45, 2.75) is 32.1 Å². The first kappa shape index (κ1) is 14.4. The number of hydrogen-bond acceptors (Lipinski definition) is 5. The van der Waals surface area contributed by atoms with Crippen molar-refractivity contribution in [2.75, 3.05) is 13.1 Å². The number of non-ortho nitro benzene ring substituents is 1. The molecule has 2 rings (SSSR count). The Kier molecular flexibility index (Phi) is 4.02. The Balaban J connectivity index is 2.20. The molecule has 0 spiro atoms. The second-order valence-corrected chi connectivity index (χ2v) is 5.46. The molecule has 106 valence electrons. The average Bonchev–Trinajstić information content (AvgIpc) is 2.71. The summed E-state index contributed by atoms with van der Waals surface area (Å²) in [6, 6.07) is 8.51. The van der Waals surface area contributed by atoms with Gasteiger partial charge in [0.15, 0.2) is 0 Å². The summed E-state index contributed by atoms with van der Waals surface area (Å²) in [4.78, 5) is 12.3. The van der Waals surface area contributed by atoms with Gasteiger partial charge in [-0.2, -0.15) is 5.26 Å². The molecular weight excluding hydrogens is 258 g/mol. The van der Waals surface area contributed by atoms with E-state index in [0.29, 0.717) is 13.0 Å². The van der Waals surface area contributed by atoms with Crippen LogP contribution >= 0.6 is 0 Å². The summed E-state index contributed by atoms with van der Waals surface area (Å²) in [6.07, 6.45) is 0.183. The van der Waals surface area contributed by atoms with Crippen molar-refractivity contribution in [1.29, 1.82) is 5.26 Å². The smallest absolute Gasteiger partial charge is 0.269 e. The Bertz CT molecular complexity index is 534. The average molecular weight is 275 g/mol. The highest BCUT2D eigenvalue weighted by Gasteiger charge is 2.38. The molecule has 0 bridgehead atoms. The molecule has 1 aromatic rings. The van der Waals surface area contributed by atoms with Crippen LogP contribution in [0.3, 0.4) is 0 Å². The first-order valence-electron chi connectivity index (χ1n) is 6.46. The summed E-state index contributed by atoms with van der Waals surface area (Å²) in [5, 5.41) is 19.4. The molecule has 0 aliphatic carbocycles. The zero-order valence-corrected chi connectivity index (χ0v) is 11.6. The van der Waals surface area contributed by atoms with E-state index in [1.165, 1.54) is 12.1 Å². The van der Waals surface area contributed by atoms with E-state index < -0.39 is 4.92 Å². The van der Waals surface area contributed by atoms with Crippen molar-refractivity contribution in [3.05, 3.63) is 39.9 Å². The maximum absolute atomic E-state index is 10.7. The maximum atomic E-state index is 10.7. The van der Waals surface area contributed by atoms with Crippen LogP contribution in [-0.4, -0.2) is 28.5 Å². The zero-order valence-electron chi connectivity index (χ0n) is 11.6. The lowest BCUT2D eigenvalue weighted by Crippen LogP contribution is -2.29. The van der Waals surface area contributed by atoms with Gasteiger partial charge < -0.3 is 4.74 Å². The first-order valence-corrected chi connectivity index (χ1v) is 6.46. The number of nitro groups is 1. The third-order valence-electron chi connectivity index (χ3n) is 3.25. The van der Waals surface area contributed by atoms with Crippen molar-refractivity contribution < 1.29 is 9.66 Å². The summed E-state index contributed by atoms with van der Waals surface area (Å²) >= 11 is 0. The van der Waals surface area contributed by atoms with Crippen LogP contribution in [0.2, 0.25) is 0 Å². The van der Waals surface area contributed by atoms with Crippen LogP contribution < -0.4 is 0 Å². The Morgan fingerprint density at radius 1 is 1.50 bits per heavy atom. The SMILES string of the molecule is CC1(C)CN(CCC#N)[C@@H](c2ccc([N+](=O)[O-])cc2)O1. The fraction of sp³-hybridized carbons (Fsp3) is 0.500. The van der Waals surface area contributed by atoms with Gasteiger partial charge in [0, 0.05) is 31.6 Å². The normalized spacial score (nSPS) is 21.6. The van der Waals surface area contributed by atoms with Crippen LogP contribution in [0.1, 0.15) is 32.1 Å². The largest absolute Gasteiger partial charge is 0.352 e. The minimum atomic E-state index is -0.420. The van der Waals surface area contributed by atoms with Crippen LogP contribution in [0.4, 0.5) is 5.69 Å². The number of nitro benzene ring substituents is 1. The van der Waals surface area contributed by atoms with Gasteiger partial charge in [0.1, 0.15) is 6.23 Å². The molecule has 0 aromatic heterocycles. The quantitative estimate of drug-likeness (QED) is 0.623. The molecule has 1 saturated heterocycles. The lowest BCUT2D eigenvalue weighted by molar-refractivity contribution is -0.384. The van der Waals surface area contributed by atoms with E-state index in [1.54, 1.807) is 12.1 Å². The van der Waals surface area contributed by atoms with Crippen molar-refractivity contribution in [2.24, 2.45) is 0 Å². The molecule has 1 aliphatic rings. The van der Waals surface area contributed by atoms with Gasteiger partial charge in [0.05, 0.1) is 16.6 Å². The van der Waals surface area contributed by atoms with E-state index in [9.17, 15) is 10.1 Å². The second kappa shape index (κ2) is 5.57. The van der Waals surface area contributed by atoms with Gasteiger partial charge >= 0.3 is 0 Å². The monoisotopic (exact) mass is 275 g/mol. The van der Waals surface area contributed by atoms with E-state index in [0.717, 1.165) is 12.1 Å². The minimum absolute atomic E-state index is 0.0644. The lowest BCUT2D eigenvalue weighted by atomic mass is 10.1. The Morgan fingerprint density at radius 3 is 2.70 bits per heavy atom. The lowest BCUT2D eigenvalue weighted by Gasteiger charge is -2.21. The number of benzene rings is 1. The molecule has 6 nitrogen and oxygen atoms in total. The number of ether oxygens (including phenoxy) is 1. The van der Waals surface area contributed by atoms with Crippen LogP contribution in [-0.2, 0) is 4.74 Å². The molecule has 0 N–H and O–H groups in total. The van der Waals surface area contributed by atoms with E-state index in [-0.39, 0.29) is 17.5 Å². The third kappa shape index (κ3) is 3.13. The molecule has 0 saturated carbocycles. The van der Waals surface area contributed by atoms with E-state index in [2.05, 4.69) is 11.0 Å². The second-order valence-electron chi connectivity index (χ2n) is 5.46. The number of rotatable bonds is 4. The number of hydrogen-bond donors (Lipinski definition) is 0. The van der Waals surface area contributed by atoms with Crippen molar-refractivity contribution in [1.82, 2.24) is 4.90 Å². The zero-order chi connectivity index (χ0) is 14.8. The molecule has 1 atom stereocenters. The van der Waals surface area contributed by atoms with Crippen LogP contribution in [0.5, 0.6) is 0 Å². The highest BCUT2D eigenvalue weighted by Crippen LogP contribution is 2.36. The molecule has 0 unspecified atom stereocenters. The van der Waals surface area contributed by atoms with Crippen molar-refractivity contribution in [3.63, 3.8) is 0 Å². The predicted molar refractivity (Wildman–Crippen MR) is 72.8 cm³/mol. The van der Waals surface area contributed by atoms with E-state index in [4.69, 9.17) is 10.00 Å². The topological polar surface area (TPSA) is 79.4 Å². The summed E-state index contributed by atoms with van der Waals surface area (Å²) in [5.41, 5.74) is 0.649. The molecule has 0 radical (unpaired) electrons. The molecule has 1 heterocycles. The van der Waals surface area contributed by atoms with Gasteiger partial charge in [-0.25, -0.2) is 0 Å². The van der Waals surface area contributed by atoms with Gasteiger partial charge in [0.2, 0.25) is 0 Å². The molecular formula is C14H17N3O3. The molecule has 1 aromatic carbocycles. The van der Waals surface area contributed by atoms with E-state index in [1.807, 2.05) is 13.8 Å². The van der Waals surface area contributed by atoms with Crippen LogP contribution in [0, 0.1) is 21.4 Å². The predicted octanol–water partition coefficient (Wildman–Crippen LogP) is 2.62. The van der Waals surface area contributed by atoms with Crippen LogP contribution in [0.25, 0.3) is 0 Å². The molecule has 0 amide bonds. The van der Waals surface area contributed by atoms with Gasteiger partial charge in [-0.05, 0) is 31.5 Å². The number of nitriles is 1. The summed E-state index contributed by atoms with van der Waals surface area (Å²) in [5.74, 6) is 0. The standard InChI is InChI=1S/C14H17N3O3/c1-14(2)10-16(9-3-8-15)13(20-14)11-4-6-12(7-5-11)17(18)19/h4-7,13H,3,9-10H2,1-2H3/t13-/m1/s1. The molecule has 1 fully saturated rings. The van der Waals surface area contributed by atoms with Gasteiger partial charge in [-0.3, -0.25) is 15.0 Å². The summed E-state index contributed by atoms with van der Waals surface area (Å²) < 4.78 is 5.99. The fourth-order valence-electron chi connectivity index (χ4n) is 2.42.